The van der Waals surface area contributed by atoms with Gasteiger partial charge in [-0.2, -0.15) is 5.10 Å². The Hall–Kier alpha value is -0.550. The number of alkyl halides is 1. The molecule has 0 spiro atoms. The highest BCUT2D eigenvalue weighted by Gasteiger charge is 2.42. The molecule has 1 aliphatic carbocycles. The summed E-state index contributed by atoms with van der Waals surface area (Å²) in [5, 5.41) is 4.18. The van der Waals surface area contributed by atoms with E-state index in [2.05, 4.69) is 28.0 Å². The standard InChI is InChI=1S/C11H17BrN2O2/c1-3-14-7-8(6-13-14)16-10-5-9(12)11(10)15-4-2/h6-7,9-11H,3-5H2,1-2H3. The summed E-state index contributed by atoms with van der Waals surface area (Å²) in [6, 6.07) is 0. The summed E-state index contributed by atoms with van der Waals surface area (Å²) >= 11 is 3.57. The smallest absolute Gasteiger partial charge is 0.157 e. The zero-order valence-corrected chi connectivity index (χ0v) is 11.2. The number of aromatic nitrogens is 2. The van der Waals surface area contributed by atoms with E-state index in [9.17, 15) is 0 Å². The molecule has 0 saturated heterocycles. The molecule has 16 heavy (non-hydrogen) atoms. The number of nitrogens with zero attached hydrogens (tertiary/aromatic N) is 2. The Morgan fingerprint density at radius 1 is 1.56 bits per heavy atom. The minimum atomic E-state index is 0.152. The highest BCUT2D eigenvalue weighted by Crippen LogP contribution is 2.33. The van der Waals surface area contributed by atoms with Gasteiger partial charge in [-0.15, -0.1) is 0 Å². The summed E-state index contributed by atoms with van der Waals surface area (Å²) in [7, 11) is 0. The summed E-state index contributed by atoms with van der Waals surface area (Å²) < 4.78 is 13.3. The molecule has 1 aromatic heterocycles. The van der Waals surface area contributed by atoms with E-state index >= 15 is 0 Å². The number of hydrogen-bond donors (Lipinski definition) is 0. The van der Waals surface area contributed by atoms with Crippen LogP contribution in [0.1, 0.15) is 20.3 Å². The fourth-order valence-electron chi connectivity index (χ4n) is 1.80. The highest BCUT2D eigenvalue weighted by molar-refractivity contribution is 9.09. The van der Waals surface area contributed by atoms with Crippen molar-refractivity contribution >= 4 is 15.9 Å². The lowest BCUT2D eigenvalue weighted by Gasteiger charge is -2.40. The van der Waals surface area contributed by atoms with E-state index in [1.165, 1.54) is 0 Å². The minimum Gasteiger partial charge on any atom is -0.484 e. The van der Waals surface area contributed by atoms with Gasteiger partial charge in [0.15, 0.2) is 5.75 Å². The number of halogens is 1. The monoisotopic (exact) mass is 288 g/mol. The van der Waals surface area contributed by atoms with Gasteiger partial charge in [0.05, 0.1) is 12.4 Å². The molecule has 1 saturated carbocycles. The third kappa shape index (κ3) is 2.40. The first-order valence-electron chi connectivity index (χ1n) is 5.69. The molecule has 0 aliphatic heterocycles. The number of ether oxygens (including phenoxy) is 2. The van der Waals surface area contributed by atoms with Gasteiger partial charge in [-0.3, -0.25) is 4.68 Å². The minimum absolute atomic E-state index is 0.152. The van der Waals surface area contributed by atoms with E-state index < -0.39 is 0 Å². The fraction of sp³-hybridized carbons (Fsp3) is 0.727. The topological polar surface area (TPSA) is 36.3 Å². The van der Waals surface area contributed by atoms with Crippen molar-refractivity contribution in [3.05, 3.63) is 12.4 Å². The Balaban J connectivity index is 1.90. The molecular formula is C11H17BrN2O2. The molecule has 1 aromatic rings. The normalized spacial score (nSPS) is 28.8. The van der Waals surface area contributed by atoms with E-state index in [1.807, 2.05) is 17.8 Å². The van der Waals surface area contributed by atoms with Crippen LogP contribution in [0.3, 0.4) is 0 Å². The summed E-state index contributed by atoms with van der Waals surface area (Å²) in [6.45, 7) is 5.65. The quantitative estimate of drug-likeness (QED) is 0.780. The van der Waals surface area contributed by atoms with E-state index in [4.69, 9.17) is 9.47 Å². The van der Waals surface area contributed by atoms with Crippen LogP contribution >= 0.6 is 15.9 Å². The fourth-order valence-corrected chi connectivity index (χ4v) is 2.66. The Kier molecular flexibility index (Phi) is 3.86. The van der Waals surface area contributed by atoms with Gasteiger partial charge in [-0.1, -0.05) is 15.9 Å². The Morgan fingerprint density at radius 3 is 2.94 bits per heavy atom. The number of aryl methyl sites for hydroxylation is 1. The Labute approximate surface area is 104 Å². The van der Waals surface area contributed by atoms with Gasteiger partial charge in [-0.25, -0.2) is 0 Å². The lowest BCUT2D eigenvalue weighted by Crippen LogP contribution is -2.52. The zero-order valence-electron chi connectivity index (χ0n) is 9.60. The molecule has 3 unspecified atom stereocenters. The van der Waals surface area contributed by atoms with Crippen molar-refractivity contribution in [2.24, 2.45) is 0 Å². The predicted molar refractivity (Wildman–Crippen MR) is 65.1 cm³/mol. The molecular weight excluding hydrogens is 272 g/mol. The van der Waals surface area contributed by atoms with Crippen LogP contribution in [0.25, 0.3) is 0 Å². The second kappa shape index (κ2) is 5.19. The second-order valence-electron chi connectivity index (χ2n) is 3.86. The molecule has 0 aromatic carbocycles. The average molecular weight is 289 g/mol. The lowest BCUT2D eigenvalue weighted by molar-refractivity contribution is -0.0723. The summed E-state index contributed by atoms with van der Waals surface area (Å²) in [4.78, 5) is 0.415. The summed E-state index contributed by atoms with van der Waals surface area (Å²) in [5.41, 5.74) is 0. The van der Waals surface area contributed by atoms with Gasteiger partial charge < -0.3 is 9.47 Å². The van der Waals surface area contributed by atoms with Crippen LogP contribution in [0.15, 0.2) is 12.4 Å². The molecule has 0 radical (unpaired) electrons. The third-order valence-electron chi connectivity index (χ3n) is 2.76. The van der Waals surface area contributed by atoms with Crippen molar-refractivity contribution in [3.8, 4) is 5.75 Å². The maximum atomic E-state index is 5.83. The summed E-state index contributed by atoms with van der Waals surface area (Å²) in [6.07, 6.45) is 4.98. The first-order chi connectivity index (χ1) is 7.74. The molecule has 4 nitrogen and oxygen atoms in total. The molecule has 0 amide bonds. The molecule has 1 fully saturated rings. The maximum Gasteiger partial charge on any atom is 0.157 e. The van der Waals surface area contributed by atoms with Crippen molar-refractivity contribution in [1.29, 1.82) is 0 Å². The van der Waals surface area contributed by atoms with Crippen molar-refractivity contribution in [2.75, 3.05) is 6.61 Å². The largest absolute Gasteiger partial charge is 0.484 e. The maximum absolute atomic E-state index is 5.83. The molecule has 90 valence electrons. The van der Waals surface area contributed by atoms with Crippen LogP contribution in [-0.2, 0) is 11.3 Å². The van der Waals surface area contributed by atoms with Crippen LogP contribution in [-0.4, -0.2) is 33.4 Å². The SMILES string of the molecule is CCOC1C(Br)CC1Oc1cnn(CC)c1. The summed E-state index contributed by atoms with van der Waals surface area (Å²) in [5.74, 6) is 0.830. The van der Waals surface area contributed by atoms with Gasteiger partial charge in [0, 0.05) is 24.4 Å². The molecule has 1 aliphatic rings. The molecule has 0 bridgehead atoms. The molecule has 0 N–H and O–H groups in total. The Bertz CT molecular complexity index is 342. The molecule has 1 heterocycles. The van der Waals surface area contributed by atoms with E-state index in [0.29, 0.717) is 4.83 Å². The zero-order chi connectivity index (χ0) is 11.5. The van der Waals surface area contributed by atoms with Crippen LogP contribution in [0.5, 0.6) is 5.75 Å². The second-order valence-corrected chi connectivity index (χ2v) is 5.04. The van der Waals surface area contributed by atoms with Gasteiger partial charge in [0.25, 0.3) is 0 Å². The number of hydrogen-bond acceptors (Lipinski definition) is 3. The van der Waals surface area contributed by atoms with Crippen LogP contribution in [0.2, 0.25) is 0 Å². The number of rotatable bonds is 5. The average Bonchev–Trinajstić information content (AvgIpc) is 2.73. The van der Waals surface area contributed by atoms with Gasteiger partial charge >= 0.3 is 0 Å². The van der Waals surface area contributed by atoms with E-state index in [0.717, 1.165) is 25.3 Å². The first kappa shape index (κ1) is 11.9. The van der Waals surface area contributed by atoms with Gasteiger partial charge in [0.1, 0.15) is 12.2 Å². The van der Waals surface area contributed by atoms with Crippen molar-refractivity contribution in [1.82, 2.24) is 9.78 Å². The Morgan fingerprint density at radius 2 is 2.38 bits per heavy atom. The van der Waals surface area contributed by atoms with Crippen molar-refractivity contribution in [3.63, 3.8) is 0 Å². The lowest BCUT2D eigenvalue weighted by atomic mass is 9.91. The van der Waals surface area contributed by atoms with Gasteiger partial charge in [-0.05, 0) is 13.8 Å². The molecule has 2 rings (SSSR count). The van der Waals surface area contributed by atoms with Gasteiger partial charge in [0.2, 0.25) is 0 Å². The predicted octanol–water partition coefficient (Wildman–Crippen LogP) is 2.22. The molecule has 3 atom stereocenters. The van der Waals surface area contributed by atoms with Crippen molar-refractivity contribution < 1.29 is 9.47 Å². The van der Waals surface area contributed by atoms with Crippen LogP contribution in [0, 0.1) is 0 Å². The van der Waals surface area contributed by atoms with Crippen molar-refractivity contribution in [2.45, 2.75) is 43.8 Å². The van der Waals surface area contributed by atoms with Crippen LogP contribution < -0.4 is 4.74 Å². The van der Waals surface area contributed by atoms with E-state index in [-0.39, 0.29) is 12.2 Å². The highest BCUT2D eigenvalue weighted by atomic mass is 79.9. The molecule has 5 heteroatoms. The van der Waals surface area contributed by atoms with Crippen LogP contribution in [0.4, 0.5) is 0 Å². The first-order valence-corrected chi connectivity index (χ1v) is 6.61. The third-order valence-corrected chi connectivity index (χ3v) is 3.66. The van der Waals surface area contributed by atoms with E-state index in [1.54, 1.807) is 6.20 Å².